The molecular formula is C88H91Cl2F12N19OS3. The van der Waals surface area contributed by atoms with Crippen LogP contribution < -0.4 is 24.3 Å². The molecule has 37 heteroatoms. The molecule has 0 saturated heterocycles. The summed E-state index contributed by atoms with van der Waals surface area (Å²) in [6.07, 6.45) is -3.16. The molecule has 20 nitrogen and oxygen atoms in total. The highest BCUT2D eigenvalue weighted by atomic mass is 35.5. The van der Waals surface area contributed by atoms with Gasteiger partial charge in [-0.25, -0.2) is 24.8 Å². The van der Waals surface area contributed by atoms with Crippen molar-refractivity contribution in [3.05, 3.63) is 179 Å². The van der Waals surface area contributed by atoms with Crippen molar-refractivity contribution in [3.8, 4) is 5.75 Å². The third-order valence-corrected chi connectivity index (χ3v) is 25.0. The number of aryl methyl sites for hydroxylation is 8. The Kier molecular flexibility index (Phi) is 29.0. The van der Waals surface area contributed by atoms with Gasteiger partial charge in [0.1, 0.15) is 18.8 Å². The standard InChI is InChI=1S/C25H29ClN4S.C22H19ClF6N6S.C21H21F3N4S.C20H22F3N5O/c1-4-8-19-22(26)24-18(11-12-30(24)5-2)15(3)23(19)28-29-25-27-20-13-16-9-6-7-10-17(16)14-21(20)31-25;1-10-11(2)19(34(5)6)17(23)12(3)18(10)32-33-20-31-13-7-14(30-4)16(36-22(27,28)29)8-15(13)35(20)9-21(24,25)26;1-13-6-7-16-19(9-13)29-20(25-16)27-26-17-11-15-5-3-4-8-28(12-21(22,23)24)18(15)10-14(17)2;1-12-6-7-14-16(8-12)28(5)19(24-14)26-25-15-10-18(29-11-20(21,22)23)17(27(3)4)9-13(15)2/h13-14H,4-12H2,1-3H3;7-8H,9H2,1-3,5-6H3;6-7,9-11H,3-5,8,12H2,1-2H3;6-10H,11H2,1-5H3. The average Bonchev–Trinajstić information content (AvgIpc) is 1.66. The van der Waals surface area contributed by atoms with E-state index in [-0.39, 0.29) is 16.8 Å². The number of ether oxygens (including phenoxy) is 1. The number of hydrogen-bond donors (Lipinski definition) is 0. The van der Waals surface area contributed by atoms with Gasteiger partial charge in [0.2, 0.25) is 21.9 Å². The first-order valence-corrected chi connectivity index (χ1v) is 43.3. The molecule has 0 bridgehead atoms. The van der Waals surface area contributed by atoms with E-state index in [2.05, 4.69) is 99.5 Å². The van der Waals surface area contributed by atoms with Crippen molar-refractivity contribution in [1.82, 2.24) is 29.1 Å². The first-order valence-electron chi connectivity index (χ1n) is 40.1. The minimum atomic E-state index is -4.74. The number of nitrogens with zero attached hydrogens (tertiary/aromatic N) is 19. The van der Waals surface area contributed by atoms with Crippen molar-refractivity contribution >= 4 is 173 Å². The Bertz CT molecular complexity index is 6140. The number of hydrogen-bond acceptors (Lipinski definition) is 20. The van der Waals surface area contributed by atoms with Crippen LogP contribution in [-0.2, 0) is 45.7 Å². The highest BCUT2D eigenvalue weighted by Gasteiger charge is 2.37. The molecule has 0 fully saturated rings. The van der Waals surface area contributed by atoms with Crippen LogP contribution in [0.3, 0.4) is 0 Å². The zero-order chi connectivity index (χ0) is 90.6. The molecule has 2 aliphatic heterocycles. The van der Waals surface area contributed by atoms with Gasteiger partial charge in [-0.2, -0.15) is 52.7 Å². The van der Waals surface area contributed by atoms with E-state index >= 15 is 0 Å². The quantitative estimate of drug-likeness (QED) is 0.0346. The lowest BCUT2D eigenvalue weighted by Crippen LogP contribution is -2.34. The number of thiazole rings is 2. The number of halogens is 14. The number of rotatable bonds is 18. The first-order chi connectivity index (χ1) is 59.0. The molecule has 8 aromatic carbocycles. The maximum atomic E-state index is 13.4. The van der Waals surface area contributed by atoms with Gasteiger partial charge >= 0.3 is 24.0 Å². The largest absolute Gasteiger partial charge is 0.482 e. The van der Waals surface area contributed by atoms with Crippen molar-refractivity contribution in [2.75, 3.05) is 80.6 Å². The summed E-state index contributed by atoms with van der Waals surface area (Å²) in [6.45, 7) is 25.2. The molecular weight excluding hydrogens is 1730 g/mol. The van der Waals surface area contributed by atoms with E-state index in [1.807, 2.05) is 108 Å². The van der Waals surface area contributed by atoms with Gasteiger partial charge in [-0.15, -0.1) is 40.9 Å². The lowest BCUT2D eigenvalue weighted by atomic mass is 9.92. The van der Waals surface area contributed by atoms with Crippen LogP contribution in [0.1, 0.15) is 118 Å². The molecule has 0 spiro atoms. The van der Waals surface area contributed by atoms with E-state index in [4.69, 9.17) is 44.6 Å². The number of fused-ring (bicyclic) bond motifs is 7. The fourth-order valence-electron chi connectivity index (χ4n) is 15.3. The van der Waals surface area contributed by atoms with E-state index in [1.54, 1.807) is 50.2 Å². The third kappa shape index (κ3) is 22.5. The molecule has 0 atom stereocenters. The van der Waals surface area contributed by atoms with Crippen molar-refractivity contribution in [2.24, 2.45) is 48.0 Å². The molecule has 12 aromatic rings. The van der Waals surface area contributed by atoms with Crippen molar-refractivity contribution in [3.63, 3.8) is 0 Å². The Morgan fingerprint density at radius 3 is 1.78 bits per heavy atom. The Morgan fingerprint density at radius 2 is 1.14 bits per heavy atom. The predicted molar refractivity (Wildman–Crippen MR) is 478 cm³/mol. The maximum absolute atomic E-state index is 13.4. The molecule has 0 unspecified atom stereocenters. The molecule has 0 radical (unpaired) electrons. The predicted octanol–water partition coefficient (Wildman–Crippen LogP) is 29.4. The summed E-state index contributed by atoms with van der Waals surface area (Å²) < 4.78 is 166. The zero-order valence-electron chi connectivity index (χ0n) is 71.3. The van der Waals surface area contributed by atoms with Gasteiger partial charge in [-0.1, -0.05) is 71.4 Å². The Hall–Kier alpha value is -10.5. The van der Waals surface area contributed by atoms with E-state index in [1.165, 1.54) is 80.6 Å². The van der Waals surface area contributed by atoms with Crippen LogP contribution in [0.4, 0.5) is 126 Å². The molecule has 0 N–H and O–H groups in total. The first kappa shape index (κ1) is 93.6. The second-order valence-corrected chi connectivity index (χ2v) is 35.1. The lowest BCUT2D eigenvalue weighted by Gasteiger charge is -2.26. The SMILES string of the molecule is CCCc1c(Cl)c2c(c(C)c1N=Nc1nc3cc4c(cc3s1)CCCC4)CCN2CC.Cc1ccc2nc(N=Nc3cc(OCC(F)(F)F)c(N(C)C)cc3C)n(C)c2c1.Cc1ccc2nc(N=Nc3cc4c(cc3C)N(CC(F)(F)F)CCCC4)sc2c1.[C-]#[N+]c1cc2nc(N=Nc3c(C)c(C)c(N(C)C)c(Cl)c3C)n(CC(F)(F)F)c2cc1SC(F)(F)F. The van der Waals surface area contributed by atoms with Crippen LogP contribution in [0.15, 0.2) is 131 Å². The second-order valence-electron chi connectivity index (χ2n) is 31.2. The molecule has 0 amide bonds. The number of anilines is 4. The van der Waals surface area contributed by atoms with Crippen LogP contribution in [0.5, 0.6) is 5.75 Å². The smallest absolute Gasteiger partial charge is 0.445 e. The molecule has 0 saturated carbocycles. The van der Waals surface area contributed by atoms with Crippen molar-refractivity contribution < 1.29 is 57.4 Å². The van der Waals surface area contributed by atoms with Gasteiger partial charge < -0.3 is 28.9 Å². The fraction of sp³-hybridized carbons (Fsp3) is 0.398. The van der Waals surface area contributed by atoms with Crippen LogP contribution in [0.25, 0.3) is 47.3 Å². The number of imidazole rings is 2. The molecule has 4 aromatic heterocycles. The number of alkyl halides is 12. The summed E-state index contributed by atoms with van der Waals surface area (Å²) in [4.78, 5) is 27.6. The van der Waals surface area contributed by atoms with Crippen LogP contribution in [0, 0.1) is 62.0 Å². The third-order valence-electron chi connectivity index (χ3n) is 21.5. The molecule has 660 valence electrons. The summed E-state index contributed by atoms with van der Waals surface area (Å²) in [5.74, 6) is 0.0172. The number of aromatic nitrogens is 6. The Labute approximate surface area is 737 Å². The van der Waals surface area contributed by atoms with Crippen LogP contribution >= 0.6 is 57.6 Å². The van der Waals surface area contributed by atoms with Gasteiger partial charge in [0, 0.05) is 77.1 Å². The van der Waals surface area contributed by atoms with Gasteiger partial charge in [-0.05, 0) is 265 Å². The van der Waals surface area contributed by atoms with Crippen LogP contribution in [0.2, 0.25) is 10.0 Å². The van der Waals surface area contributed by atoms with Gasteiger partial charge in [0.25, 0.3) is 5.95 Å². The Balaban J connectivity index is 0.000000152. The fourth-order valence-corrected chi connectivity index (χ4v) is 18.5. The summed E-state index contributed by atoms with van der Waals surface area (Å²) >= 11 is 16.0. The molecule has 6 heterocycles. The highest BCUT2D eigenvalue weighted by Crippen LogP contribution is 2.50. The molecule has 3 aliphatic rings. The number of benzene rings is 8. The number of thioether (sulfide) groups is 1. The molecule has 15 rings (SSSR count). The molecule has 125 heavy (non-hydrogen) atoms. The van der Waals surface area contributed by atoms with E-state index in [9.17, 15) is 52.7 Å². The van der Waals surface area contributed by atoms with Crippen molar-refractivity contribution in [2.45, 2.75) is 169 Å². The van der Waals surface area contributed by atoms with E-state index in [0.717, 1.165) is 151 Å². The summed E-state index contributed by atoms with van der Waals surface area (Å²) in [5, 5.41) is 37.1. The monoisotopic (exact) mass is 1820 g/mol. The van der Waals surface area contributed by atoms with E-state index < -0.39 is 72.0 Å². The topological polar surface area (TPSA) is 187 Å². The minimum absolute atomic E-state index is 0.0903. The van der Waals surface area contributed by atoms with Crippen molar-refractivity contribution in [1.29, 1.82) is 0 Å². The lowest BCUT2D eigenvalue weighted by molar-refractivity contribution is -0.153. The van der Waals surface area contributed by atoms with E-state index in [0.29, 0.717) is 66.8 Å². The molecule has 1 aliphatic carbocycles. The summed E-state index contributed by atoms with van der Waals surface area (Å²) in [6, 6.07) is 25.2. The number of azo groups is 4. The normalized spacial score (nSPS) is 13.9. The summed E-state index contributed by atoms with van der Waals surface area (Å²) in [7, 11) is 8.94. The van der Waals surface area contributed by atoms with Crippen LogP contribution in [-0.4, -0.2) is 114 Å². The maximum Gasteiger partial charge on any atom is 0.445 e. The average molecular weight is 1830 g/mol. The summed E-state index contributed by atoms with van der Waals surface area (Å²) in [5.41, 5.74) is 17.1. The van der Waals surface area contributed by atoms with Gasteiger partial charge in [0.05, 0.1) is 98.9 Å². The zero-order valence-corrected chi connectivity index (χ0v) is 75.3. The minimum Gasteiger partial charge on any atom is -0.482 e. The van der Waals surface area contributed by atoms with Gasteiger partial charge in [0.15, 0.2) is 6.61 Å². The number of likely N-dealkylation sites (N-methyl/N-ethyl adjacent to an activating group) is 1. The van der Waals surface area contributed by atoms with Gasteiger partial charge in [-0.3, -0.25) is 4.57 Å². The highest BCUT2D eigenvalue weighted by molar-refractivity contribution is 8.00. The second kappa shape index (κ2) is 38.7. The Morgan fingerprint density at radius 1 is 0.536 bits per heavy atom.